The maximum Gasteiger partial charge on any atom is 0.254 e. The van der Waals surface area contributed by atoms with Crippen LogP contribution in [-0.2, 0) is 21.2 Å². The standard InChI is InChI=1S/C22H25F3N2O4S.H2O/c1-22(2,29)21(28)27-8-7-18(26-32(3,30)31)19(27)11-13-5-4-6-17(20(13)25)14-9-15(23)12-16(24)10-14;/h4-6,9-10,12,18-19,26,29H,7-8,11H2,1-3H3;1H2/t18-,19-;/m0./s1. The molecule has 4 N–H and O–H groups in total. The van der Waals surface area contributed by atoms with Crippen LogP contribution in [0, 0.1) is 17.5 Å². The van der Waals surface area contributed by atoms with Crippen molar-refractivity contribution in [3.63, 3.8) is 0 Å². The molecule has 1 aliphatic heterocycles. The molecule has 2 aromatic carbocycles. The van der Waals surface area contributed by atoms with Crippen LogP contribution in [0.5, 0.6) is 0 Å². The normalized spacial score (nSPS) is 18.8. The van der Waals surface area contributed by atoms with Gasteiger partial charge >= 0.3 is 0 Å². The first-order valence-corrected chi connectivity index (χ1v) is 11.9. The van der Waals surface area contributed by atoms with Crippen molar-refractivity contribution in [2.24, 2.45) is 0 Å². The van der Waals surface area contributed by atoms with Crippen molar-refractivity contribution in [2.45, 2.75) is 44.4 Å². The van der Waals surface area contributed by atoms with Gasteiger partial charge in [0.2, 0.25) is 10.0 Å². The lowest BCUT2D eigenvalue weighted by molar-refractivity contribution is -0.148. The molecule has 2 atom stereocenters. The lowest BCUT2D eigenvalue weighted by atomic mass is 9.95. The van der Waals surface area contributed by atoms with Gasteiger partial charge in [0.15, 0.2) is 0 Å². The lowest BCUT2D eigenvalue weighted by Gasteiger charge is -2.32. The van der Waals surface area contributed by atoms with Gasteiger partial charge in [0.25, 0.3) is 5.91 Å². The first-order chi connectivity index (χ1) is 14.8. The number of carbonyl (C=O) groups excluding carboxylic acids is 1. The molecule has 0 aromatic heterocycles. The van der Waals surface area contributed by atoms with Gasteiger partial charge in [0.05, 0.1) is 12.3 Å². The summed E-state index contributed by atoms with van der Waals surface area (Å²) in [5, 5.41) is 10.2. The van der Waals surface area contributed by atoms with Gasteiger partial charge in [0.1, 0.15) is 23.1 Å². The fourth-order valence-corrected chi connectivity index (χ4v) is 4.84. The average Bonchev–Trinajstić information content (AvgIpc) is 3.01. The van der Waals surface area contributed by atoms with Crippen molar-refractivity contribution in [2.75, 3.05) is 12.8 Å². The number of amides is 1. The maximum atomic E-state index is 15.4. The molecule has 1 saturated heterocycles. The van der Waals surface area contributed by atoms with E-state index in [0.29, 0.717) is 6.07 Å². The van der Waals surface area contributed by atoms with Crippen LogP contribution in [0.25, 0.3) is 11.1 Å². The number of sulfonamides is 1. The van der Waals surface area contributed by atoms with Crippen LogP contribution >= 0.6 is 0 Å². The fraction of sp³-hybridized carbons (Fsp3) is 0.409. The number of likely N-dealkylation sites (tertiary alicyclic amines) is 1. The van der Waals surface area contributed by atoms with Crippen LogP contribution in [0.15, 0.2) is 36.4 Å². The van der Waals surface area contributed by atoms with E-state index in [2.05, 4.69) is 4.72 Å². The van der Waals surface area contributed by atoms with E-state index in [1.54, 1.807) is 0 Å². The predicted octanol–water partition coefficient (Wildman–Crippen LogP) is 1.78. The van der Waals surface area contributed by atoms with Crippen LogP contribution in [0.4, 0.5) is 13.2 Å². The highest BCUT2D eigenvalue weighted by Gasteiger charge is 2.42. The number of nitrogens with zero attached hydrogens (tertiary/aromatic N) is 1. The number of halogens is 3. The summed E-state index contributed by atoms with van der Waals surface area (Å²) in [7, 11) is -3.62. The molecule has 11 heteroatoms. The molecule has 3 rings (SSSR count). The molecule has 0 unspecified atom stereocenters. The molecule has 0 bridgehead atoms. The van der Waals surface area contributed by atoms with Crippen LogP contribution in [0.3, 0.4) is 0 Å². The second-order valence-corrected chi connectivity index (χ2v) is 10.3. The Morgan fingerprint density at radius 3 is 2.33 bits per heavy atom. The molecule has 182 valence electrons. The monoisotopic (exact) mass is 488 g/mol. The number of benzene rings is 2. The highest BCUT2D eigenvalue weighted by Crippen LogP contribution is 2.30. The molecule has 0 aliphatic carbocycles. The number of aliphatic hydroxyl groups is 1. The van der Waals surface area contributed by atoms with Gasteiger partial charge in [-0.25, -0.2) is 26.3 Å². The Morgan fingerprint density at radius 2 is 1.79 bits per heavy atom. The topological polar surface area (TPSA) is 118 Å². The highest BCUT2D eigenvalue weighted by molar-refractivity contribution is 7.88. The van der Waals surface area contributed by atoms with Gasteiger partial charge in [-0.05, 0) is 49.9 Å². The molecule has 1 aliphatic rings. The zero-order chi connectivity index (χ0) is 23.8. The van der Waals surface area contributed by atoms with Crippen molar-refractivity contribution in [1.82, 2.24) is 9.62 Å². The molecule has 1 heterocycles. The van der Waals surface area contributed by atoms with Gasteiger partial charge in [-0.1, -0.05) is 18.2 Å². The molecule has 0 saturated carbocycles. The summed E-state index contributed by atoms with van der Waals surface area (Å²) in [6, 6.07) is 5.63. The minimum absolute atomic E-state index is 0. The quantitative estimate of drug-likeness (QED) is 0.644. The lowest BCUT2D eigenvalue weighted by Crippen LogP contribution is -2.52. The maximum absolute atomic E-state index is 15.4. The number of nitrogens with one attached hydrogen (secondary N) is 1. The van der Waals surface area contributed by atoms with Gasteiger partial charge in [0, 0.05) is 24.2 Å². The molecule has 1 fully saturated rings. The first kappa shape index (κ1) is 26.8. The number of hydrogen-bond donors (Lipinski definition) is 2. The van der Waals surface area contributed by atoms with E-state index < -0.39 is 51.1 Å². The van der Waals surface area contributed by atoms with Crippen LogP contribution in [-0.4, -0.2) is 60.3 Å². The Morgan fingerprint density at radius 1 is 1.18 bits per heavy atom. The smallest absolute Gasteiger partial charge is 0.254 e. The van der Waals surface area contributed by atoms with Crippen molar-refractivity contribution >= 4 is 15.9 Å². The Hall–Kier alpha value is -2.47. The molecule has 0 spiro atoms. The summed E-state index contributed by atoms with van der Waals surface area (Å²) in [5.41, 5.74) is -1.55. The van der Waals surface area contributed by atoms with E-state index in [9.17, 15) is 27.1 Å². The third-order valence-electron chi connectivity index (χ3n) is 5.38. The molecule has 0 radical (unpaired) electrons. The summed E-state index contributed by atoms with van der Waals surface area (Å²) in [6.07, 6.45) is 1.21. The summed E-state index contributed by atoms with van der Waals surface area (Å²) in [6.45, 7) is 2.82. The summed E-state index contributed by atoms with van der Waals surface area (Å²) in [5.74, 6) is -3.03. The van der Waals surface area contributed by atoms with E-state index in [0.717, 1.165) is 18.4 Å². The number of hydrogen-bond acceptors (Lipinski definition) is 4. The van der Waals surface area contributed by atoms with Crippen molar-refractivity contribution < 1.29 is 37.0 Å². The zero-order valence-corrected chi connectivity index (χ0v) is 19.2. The van der Waals surface area contributed by atoms with E-state index in [4.69, 9.17) is 0 Å². The SMILES string of the molecule is CC(C)(O)C(=O)N1CC[C@H](NS(C)(=O)=O)[C@@H]1Cc1cccc(-c2cc(F)cc(F)c2)c1F.O. The Bertz CT molecular complexity index is 1120. The van der Waals surface area contributed by atoms with Crippen LogP contribution in [0.1, 0.15) is 25.8 Å². The van der Waals surface area contributed by atoms with E-state index >= 15 is 4.39 Å². The summed E-state index contributed by atoms with van der Waals surface area (Å²) < 4.78 is 68.8. The number of rotatable bonds is 6. The Kier molecular flexibility index (Phi) is 7.95. The van der Waals surface area contributed by atoms with E-state index in [-0.39, 0.29) is 41.6 Å². The predicted molar refractivity (Wildman–Crippen MR) is 117 cm³/mol. The van der Waals surface area contributed by atoms with Crippen molar-refractivity contribution in [3.8, 4) is 11.1 Å². The average molecular weight is 489 g/mol. The molecular formula is C22H27F3N2O5S. The largest absolute Gasteiger partial charge is 0.412 e. The third-order valence-corrected chi connectivity index (χ3v) is 6.11. The van der Waals surface area contributed by atoms with Gasteiger partial charge in [-0.3, -0.25) is 4.79 Å². The molecule has 1 amide bonds. The minimum Gasteiger partial charge on any atom is -0.412 e. The third kappa shape index (κ3) is 6.32. The second kappa shape index (κ2) is 9.80. The summed E-state index contributed by atoms with van der Waals surface area (Å²) >= 11 is 0. The molecule has 2 aromatic rings. The molecular weight excluding hydrogens is 461 g/mol. The molecule has 33 heavy (non-hydrogen) atoms. The van der Waals surface area contributed by atoms with Gasteiger partial charge < -0.3 is 15.5 Å². The second-order valence-electron chi connectivity index (χ2n) is 8.55. The van der Waals surface area contributed by atoms with Crippen molar-refractivity contribution in [3.05, 3.63) is 59.4 Å². The minimum atomic E-state index is -3.62. The fourth-order valence-electron chi connectivity index (χ4n) is 4.02. The Balaban J connectivity index is 0.00000385. The Labute approximate surface area is 190 Å². The van der Waals surface area contributed by atoms with E-state index in [1.807, 2.05) is 0 Å². The number of carbonyl (C=O) groups is 1. The molecule has 7 nitrogen and oxygen atoms in total. The summed E-state index contributed by atoms with van der Waals surface area (Å²) in [4.78, 5) is 14.1. The van der Waals surface area contributed by atoms with Crippen LogP contribution in [0.2, 0.25) is 0 Å². The first-order valence-electron chi connectivity index (χ1n) is 10.0. The highest BCUT2D eigenvalue weighted by atomic mass is 32.2. The van der Waals surface area contributed by atoms with Crippen molar-refractivity contribution in [1.29, 1.82) is 0 Å². The van der Waals surface area contributed by atoms with Gasteiger partial charge in [-0.15, -0.1) is 0 Å². The zero-order valence-electron chi connectivity index (χ0n) is 18.4. The van der Waals surface area contributed by atoms with E-state index in [1.165, 1.54) is 36.9 Å². The van der Waals surface area contributed by atoms with Gasteiger partial charge in [-0.2, -0.15) is 0 Å². The van der Waals surface area contributed by atoms with Crippen LogP contribution < -0.4 is 4.72 Å².